The number of hydrogen-bond acceptors (Lipinski definition) is 3. The molecule has 2 rings (SSSR count). The van der Waals surface area contributed by atoms with Gasteiger partial charge in [-0.05, 0) is 48.7 Å². The summed E-state index contributed by atoms with van der Waals surface area (Å²) in [6.07, 6.45) is 1.42. The van der Waals surface area contributed by atoms with Gasteiger partial charge >= 0.3 is 0 Å². The zero-order valence-corrected chi connectivity index (χ0v) is 15.1. The molecule has 0 aromatic heterocycles. The second-order valence-corrected chi connectivity index (χ2v) is 6.60. The van der Waals surface area contributed by atoms with Gasteiger partial charge in [0.25, 0.3) is 0 Å². The van der Waals surface area contributed by atoms with E-state index < -0.39 is 5.60 Å². The van der Waals surface area contributed by atoms with Gasteiger partial charge in [0.2, 0.25) is 11.8 Å². The summed E-state index contributed by atoms with van der Waals surface area (Å²) in [5.41, 5.74) is 2.34. The third-order valence-electron chi connectivity index (χ3n) is 3.89. The van der Waals surface area contributed by atoms with Crippen molar-refractivity contribution in [3.8, 4) is 0 Å². The van der Waals surface area contributed by atoms with E-state index in [2.05, 4.69) is 17.2 Å². The minimum atomic E-state index is -0.881. The number of carbonyl (C=O) groups is 2. The number of carbonyl (C=O) groups excluding carboxylic acids is 2. The lowest BCUT2D eigenvalue weighted by atomic mass is 9.97. The van der Waals surface area contributed by atoms with Gasteiger partial charge in [-0.3, -0.25) is 9.59 Å². The third-order valence-corrected chi connectivity index (χ3v) is 3.89. The van der Waals surface area contributed by atoms with E-state index in [9.17, 15) is 14.7 Å². The fraction of sp³-hybridized carbons (Fsp3) is 0.238. The van der Waals surface area contributed by atoms with E-state index in [0.717, 1.165) is 16.7 Å². The molecule has 2 amide bonds. The fourth-order valence-electron chi connectivity index (χ4n) is 2.43. The highest BCUT2D eigenvalue weighted by atomic mass is 16.3. The number of amides is 2. The summed E-state index contributed by atoms with van der Waals surface area (Å²) in [7, 11) is 0. The van der Waals surface area contributed by atoms with Gasteiger partial charge in [-0.25, -0.2) is 0 Å². The first kappa shape index (κ1) is 19.4. The van der Waals surface area contributed by atoms with Gasteiger partial charge in [0.1, 0.15) is 0 Å². The molecule has 0 atom stereocenters. The van der Waals surface area contributed by atoms with Gasteiger partial charge < -0.3 is 15.7 Å². The molecule has 5 nitrogen and oxygen atoms in total. The van der Waals surface area contributed by atoms with Crippen LogP contribution in [0.15, 0.2) is 61.2 Å². The van der Waals surface area contributed by atoms with E-state index in [4.69, 9.17) is 0 Å². The lowest BCUT2D eigenvalue weighted by molar-refractivity contribution is -0.120. The molecule has 0 aliphatic heterocycles. The number of anilines is 1. The Morgan fingerprint density at radius 2 is 1.81 bits per heavy atom. The average molecular weight is 352 g/mol. The SMILES string of the molecule is C=CC(=O)Nc1cccc(CC(=O)NCc2ccc(C(C)(C)O)cc2)c1. The standard InChI is InChI=1S/C21H24N2O3/c1-4-19(24)23-18-7-5-6-16(12-18)13-20(25)22-14-15-8-10-17(11-9-15)21(2,3)26/h4-12,26H,1,13-14H2,2-3H3,(H,22,25)(H,23,24). The first-order chi connectivity index (χ1) is 12.3. The van der Waals surface area contributed by atoms with Crippen LogP contribution < -0.4 is 10.6 Å². The molecule has 0 aliphatic rings. The van der Waals surface area contributed by atoms with Gasteiger partial charge in [-0.1, -0.05) is 43.0 Å². The molecule has 0 bridgehead atoms. The predicted molar refractivity (Wildman–Crippen MR) is 103 cm³/mol. The van der Waals surface area contributed by atoms with Crippen LogP contribution in [0.2, 0.25) is 0 Å². The van der Waals surface area contributed by atoms with Crippen LogP contribution in [0, 0.1) is 0 Å². The van der Waals surface area contributed by atoms with Crippen LogP contribution in [0.25, 0.3) is 0 Å². The van der Waals surface area contributed by atoms with Crippen molar-refractivity contribution in [2.75, 3.05) is 5.32 Å². The minimum Gasteiger partial charge on any atom is -0.386 e. The van der Waals surface area contributed by atoms with Gasteiger partial charge in [-0.15, -0.1) is 0 Å². The maximum atomic E-state index is 12.1. The number of rotatable bonds is 7. The number of hydrogen-bond donors (Lipinski definition) is 3. The topological polar surface area (TPSA) is 78.4 Å². The maximum absolute atomic E-state index is 12.1. The van der Waals surface area contributed by atoms with Crippen LogP contribution in [-0.4, -0.2) is 16.9 Å². The molecule has 3 N–H and O–H groups in total. The molecule has 2 aromatic rings. The Labute approximate surface area is 153 Å². The molecular weight excluding hydrogens is 328 g/mol. The summed E-state index contributed by atoms with van der Waals surface area (Å²) in [5.74, 6) is -0.398. The summed E-state index contributed by atoms with van der Waals surface area (Å²) in [5, 5.41) is 15.5. The second kappa shape index (κ2) is 8.45. The normalized spacial score (nSPS) is 10.9. The summed E-state index contributed by atoms with van der Waals surface area (Å²) < 4.78 is 0. The van der Waals surface area contributed by atoms with Crippen molar-refractivity contribution >= 4 is 17.5 Å². The van der Waals surface area contributed by atoms with Crippen LogP contribution in [0.3, 0.4) is 0 Å². The van der Waals surface area contributed by atoms with Crippen LogP contribution in [0.5, 0.6) is 0 Å². The average Bonchev–Trinajstić information content (AvgIpc) is 2.60. The molecule has 0 saturated heterocycles. The van der Waals surface area contributed by atoms with E-state index in [-0.39, 0.29) is 18.2 Å². The third kappa shape index (κ3) is 5.86. The molecule has 5 heteroatoms. The van der Waals surface area contributed by atoms with Crippen molar-refractivity contribution < 1.29 is 14.7 Å². The van der Waals surface area contributed by atoms with Crippen molar-refractivity contribution in [2.24, 2.45) is 0 Å². The molecule has 136 valence electrons. The van der Waals surface area contributed by atoms with Crippen LogP contribution in [0.4, 0.5) is 5.69 Å². The molecule has 0 heterocycles. The molecule has 0 fully saturated rings. The van der Waals surface area contributed by atoms with E-state index in [1.54, 1.807) is 32.0 Å². The minimum absolute atomic E-state index is 0.108. The fourth-order valence-corrected chi connectivity index (χ4v) is 2.43. The van der Waals surface area contributed by atoms with Gasteiger partial charge in [0, 0.05) is 12.2 Å². The molecule has 0 aliphatic carbocycles. The number of nitrogens with one attached hydrogen (secondary N) is 2. The Kier molecular flexibility index (Phi) is 6.31. The lowest BCUT2D eigenvalue weighted by Crippen LogP contribution is -2.24. The monoisotopic (exact) mass is 352 g/mol. The summed E-state index contributed by atoms with van der Waals surface area (Å²) in [6.45, 7) is 7.29. The van der Waals surface area contributed by atoms with Crippen molar-refractivity contribution in [3.05, 3.63) is 77.9 Å². The predicted octanol–water partition coefficient (Wildman–Crippen LogP) is 2.90. The summed E-state index contributed by atoms with van der Waals surface area (Å²) >= 11 is 0. The Balaban J connectivity index is 1.90. The Morgan fingerprint density at radius 3 is 2.42 bits per heavy atom. The van der Waals surface area contributed by atoms with E-state index in [1.807, 2.05) is 30.3 Å². The Bertz CT molecular complexity index is 790. The highest BCUT2D eigenvalue weighted by Crippen LogP contribution is 2.19. The van der Waals surface area contributed by atoms with Gasteiger partial charge in [0.15, 0.2) is 0 Å². The molecule has 0 radical (unpaired) electrons. The van der Waals surface area contributed by atoms with Gasteiger partial charge in [-0.2, -0.15) is 0 Å². The van der Waals surface area contributed by atoms with Crippen molar-refractivity contribution in [1.82, 2.24) is 5.32 Å². The number of aliphatic hydroxyl groups is 1. The largest absolute Gasteiger partial charge is 0.386 e. The van der Waals surface area contributed by atoms with E-state index in [1.165, 1.54) is 6.08 Å². The van der Waals surface area contributed by atoms with Gasteiger partial charge in [0.05, 0.1) is 12.0 Å². The molecule has 2 aromatic carbocycles. The Morgan fingerprint density at radius 1 is 1.12 bits per heavy atom. The van der Waals surface area contributed by atoms with Crippen molar-refractivity contribution in [1.29, 1.82) is 0 Å². The highest BCUT2D eigenvalue weighted by molar-refractivity contribution is 5.98. The first-order valence-corrected chi connectivity index (χ1v) is 8.39. The quantitative estimate of drug-likeness (QED) is 0.671. The van der Waals surface area contributed by atoms with Crippen LogP contribution in [0.1, 0.15) is 30.5 Å². The summed E-state index contributed by atoms with van der Waals surface area (Å²) in [6, 6.07) is 14.6. The van der Waals surface area contributed by atoms with E-state index in [0.29, 0.717) is 12.2 Å². The molecule has 0 spiro atoms. The second-order valence-electron chi connectivity index (χ2n) is 6.60. The molecule has 0 saturated carbocycles. The lowest BCUT2D eigenvalue weighted by Gasteiger charge is -2.18. The Hall–Kier alpha value is -2.92. The first-order valence-electron chi connectivity index (χ1n) is 8.39. The van der Waals surface area contributed by atoms with Crippen molar-refractivity contribution in [2.45, 2.75) is 32.4 Å². The zero-order chi connectivity index (χ0) is 19.2. The number of benzene rings is 2. The highest BCUT2D eigenvalue weighted by Gasteiger charge is 2.15. The maximum Gasteiger partial charge on any atom is 0.247 e. The van der Waals surface area contributed by atoms with Crippen LogP contribution in [-0.2, 0) is 28.2 Å². The zero-order valence-electron chi connectivity index (χ0n) is 15.1. The van der Waals surface area contributed by atoms with Crippen LogP contribution >= 0.6 is 0 Å². The smallest absolute Gasteiger partial charge is 0.247 e. The molecular formula is C21H24N2O3. The van der Waals surface area contributed by atoms with Crippen molar-refractivity contribution in [3.63, 3.8) is 0 Å². The molecule has 0 unspecified atom stereocenters. The summed E-state index contributed by atoms with van der Waals surface area (Å²) in [4.78, 5) is 23.5. The molecule has 26 heavy (non-hydrogen) atoms. The van der Waals surface area contributed by atoms with E-state index >= 15 is 0 Å².